The molecule has 1 aromatic heterocycles. The summed E-state index contributed by atoms with van der Waals surface area (Å²) in [5, 5.41) is 3.67. The molecule has 24 heavy (non-hydrogen) atoms. The highest BCUT2D eigenvalue weighted by Crippen LogP contribution is 2.36. The van der Waals surface area contributed by atoms with Gasteiger partial charge in [0.1, 0.15) is 26.2 Å². The Morgan fingerprint density at radius 2 is 1.79 bits per heavy atom. The van der Waals surface area contributed by atoms with Gasteiger partial charge in [0.05, 0.1) is 5.41 Å². The molecule has 130 valence electrons. The summed E-state index contributed by atoms with van der Waals surface area (Å²) in [5.74, 6) is -1.30. The summed E-state index contributed by atoms with van der Waals surface area (Å²) in [7, 11) is 0. The van der Waals surface area contributed by atoms with Crippen LogP contribution in [0.3, 0.4) is 0 Å². The monoisotopic (exact) mass is 354 g/mol. The maximum absolute atomic E-state index is 11.7. The van der Waals surface area contributed by atoms with E-state index in [1.165, 1.54) is 18.3 Å². The molecule has 0 unspecified atom stereocenters. The van der Waals surface area contributed by atoms with Crippen LogP contribution in [0.4, 0.5) is 0 Å². The first-order valence-electron chi connectivity index (χ1n) is 7.17. The van der Waals surface area contributed by atoms with E-state index < -0.39 is 29.7 Å². The molecule has 1 aliphatic rings. The minimum atomic E-state index is -0.978. The van der Waals surface area contributed by atoms with Crippen molar-refractivity contribution in [3.63, 3.8) is 0 Å². The van der Waals surface area contributed by atoms with Crippen LogP contribution in [0.5, 0.6) is 11.5 Å². The molecule has 0 saturated carbocycles. The molecule has 0 atom stereocenters. The standard InChI is InChI=1S/C16H18O7S/c1-10(2)15(19)23-14(18)4-13(17)22-9-16(3)7-20-11-5-24-6-12(11)21-8-16/h5-6H,1,4,7-9H2,2-3H3. The Hall–Kier alpha value is -2.35. The molecule has 0 bridgehead atoms. The average molecular weight is 354 g/mol. The van der Waals surface area contributed by atoms with Crippen molar-refractivity contribution < 1.29 is 33.3 Å². The van der Waals surface area contributed by atoms with Crippen molar-refractivity contribution >= 4 is 29.2 Å². The first kappa shape index (κ1) is 18.0. The van der Waals surface area contributed by atoms with E-state index in [1.807, 2.05) is 17.7 Å². The van der Waals surface area contributed by atoms with Crippen LogP contribution >= 0.6 is 11.3 Å². The fourth-order valence-electron chi connectivity index (χ4n) is 1.76. The number of carbonyl (C=O) groups is 3. The van der Waals surface area contributed by atoms with Gasteiger partial charge in [0.2, 0.25) is 0 Å². The number of ether oxygens (including phenoxy) is 4. The molecule has 0 radical (unpaired) electrons. The molecule has 7 nitrogen and oxygen atoms in total. The maximum atomic E-state index is 11.7. The normalized spacial score (nSPS) is 15.1. The van der Waals surface area contributed by atoms with E-state index in [0.717, 1.165) is 0 Å². The van der Waals surface area contributed by atoms with Crippen molar-refractivity contribution in [3.8, 4) is 11.5 Å². The Morgan fingerprint density at radius 1 is 1.21 bits per heavy atom. The number of hydrogen-bond donors (Lipinski definition) is 0. The third-order valence-electron chi connectivity index (χ3n) is 3.17. The molecule has 0 N–H and O–H groups in total. The van der Waals surface area contributed by atoms with E-state index >= 15 is 0 Å². The summed E-state index contributed by atoms with van der Waals surface area (Å²) in [5.41, 5.74) is -0.478. The lowest BCUT2D eigenvalue weighted by atomic mass is 9.94. The van der Waals surface area contributed by atoms with E-state index in [1.54, 1.807) is 0 Å². The Kier molecular flexibility index (Phi) is 5.61. The third-order valence-corrected chi connectivity index (χ3v) is 3.87. The largest absolute Gasteiger partial charge is 0.488 e. The number of fused-ring (bicyclic) bond motifs is 1. The molecule has 1 aromatic rings. The van der Waals surface area contributed by atoms with Crippen molar-refractivity contribution in [1.29, 1.82) is 0 Å². The van der Waals surface area contributed by atoms with Crippen LogP contribution in [-0.2, 0) is 23.9 Å². The van der Waals surface area contributed by atoms with Gasteiger partial charge >= 0.3 is 17.9 Å². The molecule has 0 fully saturated rings. The number of thiophene rings is 1. The van der Waals surface area contributed by atoms with Crippen LogP contribution in [0.2, 0.25) is 0 Å². The van der Waals surface area contributed by atoms with Gasteiger partial charge in [0, 0.05) is 16.3 Å². The van der Waals surface area contributed by atoms with Gasteiger partial charge in [0.25, 0.3) is 0 Å². The van der Waals surface area contributed by atoms with Crippen molar-refractivity contribution in [3.05, 3.63) is 22.9 Å². The lowest BCUT2D eigenvalue weighted by molar-refractivity contribution is -0.162. The molecule has 0 aromatic carbocycles. The van der Waals surface area contributed by atoms with Crippen molar-refractivity contribution in [1.82, 2.24) is 0 Å². The first-order chi connectivity index (χ1) is 11.3. The van der Waals surface area contributed by atoms with E-state index in [2.05, 4.69) is 11.3 Å². The summed E-state index contributed by atoms with van der Waals surface area (Å²) >= 11 is 1.48. The number of esters is 3. The number of rotatable bonds is 5. The lowest BCUT2D eigenvalue weighted by Gasteiger charge is -2.25. The van der Waals surface area contributed by atoms with Gasteiger partial charge < -0.3 is 18.9 Å². The Balaban J connectivity index is 1.79. The van der Waals surface area contributed by atoms with Crippen molar-refractivity contribution in [2.45, 2.75) is 20.3 Å². The molecule has 0 aliphatic carbocycles. The molecule has 0 saturated heterocycles. The van der Waals surface area contributed by atoms with Gasteiger partial charge in [-0.3, -0.25) is 9.59 Å². The van der Waals surface area contributed by atoms with Gasteiger partial charge in [-0.25, -0.2) is 4.79 Å². The zero-order valence-corrected chi connectivity index (χ0v) is 14.3. The van der Waals surface area contributed by atoms with Crippen LogP contribution in [0.1, 0.15) is 20.3 Å². The second-order valence-electron chi connectivity index (χ2n) is 5.87. The molecule has 1 aliphatic heterocycles. The van der Waals surface area contributed by atoms with Crippen LogP contribution in [-0.4, -0.2) is 37.7 Å². The summed E-state index contributed by atoms with van der Waals surface area (Å²) < 4.78 is 20.8. The summed E-state index contributed by atoms with van der Waals surface area (Å²) in [4.78, 5) is 34.3. The van der Waals surface area contributed by atoms with Gasteiger partial charge in [-0.2, -0.15) is 0 Å². The van der Waals surface area contributed by atoms with Crippen LogP contribution < -0.4 is 9.47 Å². The van der Waals surface area contributed by atoms with Gasteiger partial charge in [-0.05, 0) is 13.8 Å². The highest BCUT2D eigenvalue weighted by molar-refractivity contribution is 7.08. The van der Waals surface area contributed by atoms with Crippen LogP contribution in [0.15, 0.2) is 22.9 Å². The minimum Gasteiger partial charge on any atom is -0.488 e. The van der Waals surface area contributed by atoms with Crippen molar-refractivity contribution in [2.75, 3.05) is 19.8 Å². The molecular formula is C16H18O7S. The SMILES string of the molecule is C=C(C)C(=O)OC(=O)CC(=O)OCC1(C)COc2cscc2OC1. The molecule has 2 heterocycles. The topological polar surface area (TPSA) is 88.1 Å². The highest BCUT2D eigenvalue weighted by Gasteiger charge is 2.32. The quantitative estimate of drug-likeness (QED) is 0.454. The number of carbonyl (C=O) groups excluding carboxylic acids is 3. The summed E-state index contributed by atoms with van der Waals surface area (Å²) in [6.45, 7) is 7.22. The zero-order chi connectivity index (χ0) is 17.7. The second kappa shape index (κ2) is 7.48. The maximum Gasteiger partial charge on any atom is 0.340 e. The van der Waals surface area contributed by atoms with Crippen LogP contribution in [0.25, 0.3) is 0 Å². The average Bonchev–Trinajstić information content (AvgIpc) is 2.90. The summed E-state index contributed by atoms with van der Waals surface area (Å²) in [6, 6.07) is 0. The predicted molar refractivity (Wildman–Crippen MR) is 84.9 cm³/mol. The molecule has 0 amide bonds. The minimum absolute atomic E-state index is 0.0151. The highest BCUT2D eigenvalue weighted by atomic mass is 32.1. The molecule has 8 heteroatoms. The molecular weight excluding hydrogens is 336 g/mol. The van der Waals surface area contributed by atoms with E-state index in [4.69, 9.17) is 14.2 Å². The van der Waals surface area contributed by atoms with Gasteiger partial charge in [-0.15, -0.1) is 11.3 Å². The zero-order valence-electron chi connectivity index (χ0n) is 13.5. The number of hydrogen-bond acceptors (Lipinski definition) is 8. The Morgan fingerprint density at radius 3 is 2.33 bits per heavy atom. The Bertz CT molecular complexity index is 639. The second-order valence-corrected chi connectivity index (χ2v) is 6.61. The summed E-state index contributed by atoms with van der Waals surface area (Å²) in [6.07, 6.45) is -0.649. The van der Waals surface area contributed by atoms with Gasteiger partial charge in [-0.1, -0.05) is 6.58 Å². The fourth-order valence-corrected chi connectivity index (χ4v) is 2.45. The van der Waals surface area contributed by atoms with E-state index in [9.17, 15) is 14.4 Å². The van der Waals surface area contributed by atoms with Gasteiger partial charge in [0.15, 0.2) is 11.5 Å². The predicted octanol–water partition coefficient (Wildman–Crippen LogP) is 2.10. The van der Waals surface area contributed by atoms with Crippen molar-refractivity contribution in [2.24, 2.45) is 5.41 Å². The lowest BCUT2D eigenvalue weighted by Crippen LogP contribution is -2.36. The van der Waals surface area contributed by atoms with Crippen LogP contribution in [0, 0.1) is 5.41 Å². The first-order valence-corrected chi connectivity index (χ1v) is 8.11. The fraction of sp³-hybridized carbons (Fsp3) is 0.438. The molecule has 2 rings (SSSR count). The molecule has 0 spiro atoms. The Labute approximate surface area is 143 Å². The van der Waals surface area contributed by atoms with E-state index in [-0.39, 0.29) is 12.2 Å². The smallest absolute Gasteiger partial charge is 0.340 e. The third kappa shape index (κ3) is 4.82. The van der Waals surface area contributed by atoms with E-state index in [0.29, 0.717) is 24.7 Å².